The smallest absolute Gasteiger partial charge is 0.250 e. The van der Waals surface area contributed by atoms with E-state index in [-0.39, 0.29) is 0 Å². The molecule has 19 heavy (non-hydrogen) atoms. The van der Waals surface area contributed by atoms with Crippen LogP contribution in [0.4, 0.5) is 5.69 Å². The summed E-state index contributed by atoms with van der Waals surface area (Å²) in [7, 11) is 0. The van der Waals surface area contributed by atoms with Crippen molar-refractivity contribution < 1.29 is 9.26 Å². The molecule has 0 amide bonds. The molecule has 1 aromatic heterocycles. The summed E-state index contributed by atoms with van der Waals surface area (Å²) in [6.45, 7) is 3.26. The maximum atomic E-state index is 5.62. The van der Waals surface area contributed by atoms with Crippen LogP contribution in [0, 0.1) is 0 Å². The van der Waals surface area contributed by atoms with Crippen molar-refractivity contribution in [3.63, 3.8) is 0 Å². The Morgan fingerprint density at radius 3 is 2.79 bits per heavy atom. The van der Waals surface area contributed by atoms with E-state index in [1.807, 2.05) is 37.3 Å². The molecule has 5 heteroatoms. The van der Waals surface area contributed by atoms with Crippen LogP contribution in [-0.4, -0.2) is 23.4 Å². The molecule has 0 spiro atoms. The molecule has 100 valence electrons. The molecule has 1 heterocycles. The second kappa shape index (κ2) is 6.70. The highest BCUT2D eigenvalue weighted by Crippen LogP contribution is 2.09. The van der Waals surface area contributed by atoms with E-state index in [9.17, 15) is 0 Å². The standard InChI is InChI=1S/C14H17N3O2/c1-2-18-10-9-13-16-14(19-17-13)8-5-11-3-6-12(15)7-4-11/h3-8H,2,9-10,15H2,1H3/b8-5+. The van der Waals surface area contributed by atoms with Gasteiger partial charge in [0.1, 0.15) is 0 Å². The second-order valence-electron chi connectivity index (χ2n) is 4.00. The Balaban J connectivity index is 1.93. The van der Waals surface area contributed by atoms with Gasteiger partial charge in [-0.3, -0.25) is 0 Å². The molecule has 0 aliphatic heterocycles. The lowest BCUT2D eigenvalue weighted by Crippen LogP contribution is -1.99. The molecule has 0 aliphatic rings. The Kier molecular flexibility index (Phi) is 4.69. The van der Waals surface area contributed by atoms with E-state index in [1.54, 1.807) is 6.08 Å². The highest BCUT2D eigenvalue weighted by atomic mass is 16.5. The SMILES string of the molecule is CCOCCc1noc(/C=C/c2ccc(N)cc2)n1. The van der Waals surface area contributed by atoms with Gasteiger partial charge >= 0.3 is 0 Å². The predicted molar refractivity (Wildman–Crippen MR) is 74.3 cm³/mol. The van der Waals surface area contributed by atoms with Crippen LogP contribution in [0.2, 0.25) is 0 Å². The molecule has 0 atom stereocenters. The summed E-state index contributed by atoms with van der Waals surface area (Å²) in [6.07, 6.45) is 4.34. The molecule has 0 bridgehead atoms. The number of hydrogen-bond acceptors (Lipinski definition) is 5. The lowest BCUT2D eigenvalue weighted by molar-refractivity contribution is 0.149. The van der Waals surface area contributed by atoms with Gasteiger partial charge in [-0.05, 0) is 30.7 Å². The maximum absolute atomic E-state index is 5.62. The van der Waals surface area contributed by atoms with Crippen molar-refractivity contribution in [1.29, 1.82) is 0 Å². The fraction of sp³-hybridized carbons (Fsp3) is 0.286. The zero-order valence-corrected chi connectivity index (χ0v) is 10.9. The number of anilines is 1. The Hall–Kier alpha value is -2.14. The minimum absolute atomic E-state index is 0.489. The highest BCUT2D eigenvalue weighted by molar-refractivity contribution is 5.66. The van der Waals surface area contributed by atoms with E-state index in [0.717, 1.165) is 11.3 Å². The van der Waals surface area contributed by atoms with Crippen LogP contribution >= 0.6 is 0 Å². The molecule has 0 saturated carbocycles. The Bertz CT molecular complexity index is 532. The summed E-state index contributed by atoms with van der Waals surface area (Å²) in [5.74, 6) is 1.15. The number of hydrogen-bond donors (Lipinski definition) is 1. The molecule has 0 saturated heterocycles. The van der Waals surface area contributed by atoms with Gasteiger partial charge in [-0.15, -0.1) is 0 Å². The van der Waals surface area contributed by atoms with Crippen LogP contribution in [0.15, 0.2) is 28.8 Å². The van der Waals surface area contributed by atoms with Crippen molar-refractivity contribution in [2.75, 3.05) is 18.9 Å². The minimum atomic E-state index is 0.489. The quantitative estimate of drug-likeness (QED) is 0.637. The van der Waals surface area contributed by atoms with Crippen LogP contribution < -0.4 is 5.73 Å². The zero-order chi connectivity index (χ0) is 13.5. The maximum Gasteiger partial charge on any atom is 0.250 e. The fourth-order valence-electron chi connectivity index (χ4n) is 1.52. The monoisotopic (exact) mass is 259 g/mol. The van der Waals surface area contributed by atoms with Crippen molar-refractivity contribution in [3.8, 4) is 0 Å². The molecule has 0 radical (unpaired) electrons. The fourth-order valence-corrected chi connectivity index (χ4v) is 1.52. The third kappa shape index (κ3) is 4.22. The normalized spacial score (nSPS) is 11.2. The number of rotatable bonds is 6. The zero-order valence-electron chi connectivity index (χ0n) is 10.9. The lowest BCUT2D eigenvalue weighted by Gasteiger charge is -1.94. The third-order valence-corrected chi connectivity index (χ3v) is 2.51. The number of nitrogens with zero attached hydrogens (tertiary/aromatic N) is 2. The van der Waals surface area contributed by atoms with E-state index in [1.165, 1.54) is 0 Å². The first-order valence-corrected chi connectivity index (χ1v) is 6.22. The summed E-state index contributed by atoms with van der Waals surface area (Å²) in [6, 6.07) is 7.55. The topological polar surface area (TPSA) is 74.2 Å². The van der Waals surface area contributed by atoms with Gasteiger partial charge in [0.25, 0.3) is 5.89 Å². The van der Waals surface area contributed by atoms with Gasteiger partial charge in [0.05, 0.1) is 6.61 Å². The van der Waals surface area contributed by atoms with Crippen molar-refractivity contribution in [1.82, 2.24) is 10.1 Å². The first kappa shape index (κ1) is 13.3. The number of nitrogens with two attached hydrogens (primary N) is 1. The highest BCUT2D eigenvalue weighted by Gasteiger charge is 2.02. The molecule has 5 nitrogen and oxygen atoms in total. The molecular formula is C14H17N3O2. The molecule has 2 N–H and O–H groups in total. The van der Waals surface area contributed by atoms with Crippen molar-refractivity contribution in [2.45, 2.75) is 13.3 Å². The summed E-state index contributed by atoms with van der Waals surface area (Å²) in [4.78, 5) is 4.25. The summed E-state index contributed by atoms with van der Waals surface area (Å²) >= 11 is 0. The summed E-state index contributed by atoms with van der Waals surface area (Å²) in [5.41, 5.74) is 7.39. The average Bonchev–Trinajstić information content (AvgIpc) is 2.86. The first-order chi connectivity index (χ1) is 9.28. The molecule has 0 fully saturated rings. The Morgan fingerprint density at radius 1 is 1.26 bits per heavy atom. The average molecular weight is 259 g/mol. The van der Waals surface area contributed by atoms with Gasteiger partial charge in [0.15, 0.2) is 5.82 Å². The van der Waals surface area contributed by atoms with Gasteiger partial charge in [-0.1, -0.05) is 17.3 Å². The third-order valence-electron chi connectivity index (χ3n) is 2.51. The van der Waals surface area contributed by atoms with Gasteiger partial charge in [-0.2, -0.15) is 4.98 Å². The van der Waals surface area contributed by atoms with Gasteiger partial charge < -0.3 is 15.0 Å². The van der Waals surface area contributed by atoms with E-state index < -0.39 is 0 Å². The van der Waals surface area contributed by atoms with Gasteiger partial charge in [-0.25, -0.2) is 0 Å². The Morgan fingerprint density at radius 2 is 2.05 bits per heavy atom. The van der Waals surface area contributed by atoms with Crippen LogP contribution in [0.5, 0.6) is 0 Å². The van der Waals surface area contributed by atoms with E-state index in [4.69, 9.17) is 15.0 Å². The predicted octanol–water partition coefficient (Wildman–Crippen LogP) is 2.40. The molecule has 2 rings (SSSR count). The summed E-state index contributed by atoms with van der Waals surface area (Å²) in [5, 5.41) is 3.88. The largest absolute Gasteiger partial charge is 0.399 e. The van der Waals surface area contributed by atoms with E-state index in [0.29, 0.717) is 31.3 Å². The lowest BCUT2D eigenvalue weighted by atomic mass is 10.2. The van der Waals surface area contributed by atoms with Gasteiger partial charge in [0, 0.05) is 24.8 Å². The van der Waals surface area contributed by atoms with Crippen LogP contribution in [0.1, 0.15) is 24.2 Å². The first-order valence-electron chi connectivity index (χ1n) is 6.22. The molecule has 0 aliphatic carbocycles. The van der Waals surface area contributed by atoms with Gasteiger partial charge in [0.2, 0.25) is 0 Å². The van der Waals surface area contributed by atoms with Crippen LogP contribution in [0.3, 0.4) is 0 Å². The molecule has 1 aromatic carbocycles. The molecule has 0 unspecified atom stereocenters. The number of ether oxygens (including phenoxy) is 1. The van der Waals surface area contributed by atoms with E-state index in [2.05, 4.69) is 10.1 Å². The number of aromatic nitrogens is 2. The molecular weight excluding hydrogens is 242 g/mol. The second-order valence-corrected chi connectivity index (χ2v) is 4.00. The van der Waals surface area contributed by atoms with Crippen LogP contribution in [-0.2, 0) is 11.2 Å². The summed E-state index contributed by atoms with van der Waals surface area (Å²) < 4.78 is 10.3. The minimum Gasteiger partial charge on any atom is -0.399 e. The number of benzene rings is 1. The Labute approximate surface area is 112 Å². The van der Waals surface area contributed by atoms with Crippen LogP contribution in [0.25, 0.3) is 12.2 Å². The van der Waals surface area contributed by atoms with Crippen molar-refractivity contribution in [3.05, 3.63) is 41.5 Å². The van der Waals surface area contributed by atoms with E-state index >= 15 is 0 Å². The molecule has 2 aromatic rings. The number of nitrogen functional groups attached to an aromatic ring is 1. The van der Waals surface area contributed by atoms with Crippen molar-refractivity contribution in [2.24, 2.45) is 0 Å². The van der Waals surface area contributed by atoms with Crippen molar-refractivity contribution >= 4 is 17.8 Å².